The van der Waals surface area contributed by atoms with Crippen LogP contribution in [0.3, 0.4) is 0 Å². The van der Waals surface area contributed by atoms with Crippen LogP contribution >= 0.6 is 0 Å². The standard InChI is InChI=1S/C14H13F2NO2S/c1-20(18,19)10-7-5-9(6-8-10)14(17)11-3-2-4-12(15)13(11)16/h2-8,14H,17H2,1H3. The molecule has 0 radical (unpaired) electrons. The molecule has 0 aliphatic rings. The first-order chi connectivity index (χ1) is 9.30. The number of hydrogen-bond donors (Lipinski definition) is 1. The van der Waals surface area contributed by atoms with Gasteiger partial charge in [-0.2, -0.15) is 0 Å². The van der Waals surface area contributed by atoms with Gasteiger partial charge in [0, 0.05) is 11.8 Å². The topological polar surface area (TPSA) is 60.2 Å². The molecule has 0 fully saturated rings. The van der Waals surface area contributed by atoms with Gasteiger partial charge in [-0.25, -0.2) is 17.2 Å². The van der Waals surface area contributed by atoms with Crippen LogP contribution in [-0.2, 0) is 9.84 Å². The van der Waals surface area contributed by atoms with Crippen molar-refractivity contribution in [2.45, 2.75) is 10.9 Å². The van der Waals surface area contributed by atoms with E-state index in [2.05, 4.69) is 0 Å². The van der Waals surface area contributed by atoms with Gasteiger partial charge < -0.3 is 5.73 Å². The van der Waals surface area contributed by atoms with E-state index in [1.165, 1.54) is 36.4 Å². The third-order valence-electron chi connectivity index (χ3n) is 2.98. The Kier molecular flexibility index (Phi) is 3.87. The minimum Gasteiger partial charge on any atom is -0.320 e. The van der Waals surface area contributed by atoms with Gasteiger partial charge in [-0.15, -0.1) is 0 Å². The SMILES string of the molecule is CS(=O)(=O)c1ccc(C(N)c2cccc(F)c2F)cc1. The highest BCUT2D eigenvalue weighted by molar-refractivity contribution is 7.90. The van der Waals surface area contributed by atoms with Crippen LogP contribution in [0.5, 0.6) is 0 Å². The Labute approximate surface area is 116 Å². The van der Waals surface area contributed by atoms with Crippen molar-refractivity contribution in [2.24, 2.45) is 5.73 Å². The van der Waals surface area contributed by atoms with Gasteiger partial charge in [0.15, 0.2) is 21.5 Å². The minimum atomic E-state index is -3.30. The summed E-state index contributed by atoms with van der Waals surface area (Å²) in [5, 5.41) is 0. The van der Waals surface area contributed by atoms with Gasteiger partial charge in [-0.1, -0.05) is 24.3 Å². The Morgan fingerprint density at radius 2 is 1.65 bits per heavy atom. The number of rotatable bonds is 3. The van der Waals surface area contributed by atoms with E-state index in [-0.39, 0.29) is 10.5 Å². The third-order valence-corrected chi connectivity index (χ3v) is 4.11. The summed E-state index contributed by atoms with van der Waals surface area (Å²) >= 11 is 0. The number of hydrogen-bond acceptors (Lipinski definition) is 3. The summed E-state index contributed by atoms with van der Waals surface area (Å²) < 4.78 is 49.5. The van der Waals surface area contributed by atoms with E-state index in [1.807, 2.05) is 0 Å². The molecule has 1 unspecified atom stereocenters. The lowest BCUT2D eigenvalue weighted by Gasteiger charge is -2.14. The lowest BCUT2D eigenvalue weighted by molar-refractivity contribution is 0.494. The Balaban J connectivity index is 2.39. The lowest BCUT2D eigenvalue weighted by Crippen LogP contribution is -2.14. The minimum absolute atomic E-state index is 0.0251. The lowest BCUT2D eigenvalue weighted by atomic mass is 9.99. The second-order valence-corrected chi connectivity index (χ2v) is 6.48. The van der Waals surface area contributed by atoms with Crippen LogP contribution in [0.15, 0.2) is 47.4 Å². The Hall–Kier alpha value is -1.79. The largest absolute Gasteiger partial charge is 0.320 e. The fourth-order valence-corrected chi connectivity index (χ4v) is 2.49. The predicted octanol–water partition coefficient (Wildman–Crippen LogP) is 2.42. The molecule has 2 rings (SSSR count). The van der Waals surface area contributed by atoms with Gasteiger partial charge in [0.05, 0.1) is 10.9 Å². The Bertz CT molecular complexity index is 727. The van der Waals surface area contributed by atoms with Gasteiger partial charge in [-0.05, 0) is 23.8 Å². The van der Waals surface area contributed by atoms with E-state index in [4.69, 9.17) is 5.73 Å². The molecular weight excluding hydrogens is 284 g/mol. The van der Waals surface area contributed by atoms with E-state index in [0.717, 1.165) is 12.3 Å². The van der Waals surface area contributed by atoms with Crippen molar-refractivity contribution < 1.29 is 17.2 Å². The fourth-order valence-electron chi connectivity index (χ4n) is 1.86. The van der Waals surface area contributed by atoms with Crippen molar-refractivity contribution in [3.05, 3.63) is 65.2 Å². The van der Waals surface area contributed by atoms with Crippen LogP contribution in [0.2, 0.25) is 0 Å². The van der Waals surface area contributed by atoms with Gasteiger partial charge >= 0.3 is 0 Å². The van der Waals surface area contributed by atoms with Gasteiger partial charge in [0.1, 0.15) is 0 Å². The molecule has 1 atom stereocenters. The smallest absolute Gasteiger partial charge is 0.175 e. The summed E-state index contributed by atoms with van der Waals surface area (Å²) in [5.74, 6) is -1.96. The molecule has 0 aliphatic carbocycles. The molecule has 0 spiro atoms. The third kappa shape index (κ3) is 2.86. The van der Waals surface area contributed by atoms with E-state index >= 15 is 0 Å². The van der Waals surface area contributed by atoms with Crippen LogP contribution in [0.4, 0.5) is 8.78 Å². The van der Waals surface area contributed by atoms with Crippen molar-refractivity contribution in [2.75, 3.05) is 6.26 Å². The van der Waals surface area contributed by atoms with Crippen molar-refractivity contribution >= 4 is 9.84 Å². The zero-order valence-electron chi connectivity index (χ0n) is 10.7. The van der Waals surface area contributed by atoms with Crippen molar-refractivity contribution in [1.82, 2.24) is 0 Å². The molecule has 0 saturated carbocycles. The Morgan fingerprint density at radius 3 is 2.20 bits per heavy atom. The number of nitrogens with two attached hydrogens (primary N) is 1. The normalized spacial score (nSPS) is 13.2. The summed E-state index contributed by atoms with van der Waals surface area (Å²) in [5.41, 5.74) is 6.42. The average molecular weight is 297 g/mol. The van der Waals surface area contributed by atoms with Crippen molar-refractivity contribution in [3.8, 4) is 0 Å². The molecule has 0 aromatic heterocycles. The zero-order valence-corrected chi connectivity index (χ0v) is 11.5. The highest BCUT2D eigenvalue weighted by atomic mass is 32.2. The van der Waals surface area contributed by atoms with Crippen LogP contribution in [0.25, 0.3) is 0 Å². The van der Waals surface area contributed by atoms with Crippen LogP contribution < -0.4 is 5.73 Å². The molecule has 0 aliphatic heterocycles. The molecule has 0 heterocycles. The molecule has 0 saturated heterocycles. The van der Waals surface area contributed by atoms with Crippen molar-refractivity contribution in [1.29, 1.82) is 0 Å². The van der Waals surface area contributed by atoms with E-state index in [9.17, 15) is 17.2 Å². The first-order valence-electron chi connectivity index (χ1n) is 5.80. The molecule has 20 heavy (non-hydrogen) atoms. The maximum atomic E-state index is 13.7. The van der Waals surface area contributed by atoms with Crippen LogP contribution in [-0.4, -0.2) is 14.7 Å². The molecule has 3 nitrogen and oxygen atoms in total. The summed E-state index contributed by atoms with van der Waals surface area (Å²) in [4.78, 5) is 0.146. The molecule has 2 N–H and O–H groups in total. The maximum absolute atomic E-state index is 13.7. The molecule has 2 aromatic carbocycles. The quantitative estimate of drug-likeness (QED) is 0.946. The van der Waals surface area contributed by atoms with Gasteiger partial charge in [-0.3, -0.25) is 0 Å². The maximum Gasteiger partial charge on any atom is 0.175 e. The van der Waals surface area contributed by atoms with E-state index < -0.39 is 27.5 Å². The molecule has 0 bridgehead atoms. The zero-order chi connectivity index (χ0) is 14.9. The van der Waals surface area contributed by atoms with Crippen LogP contribution in [0, 0.1) is 11.6 Å². The number of halogens is 2. The molecule has 0 amide bonds. The summed E-state index contributed by atoms with van der Waals surface area (Å²) in [7, 11) is -3.30. The van der Waals surface area contributed by atoms with E-state index in [1.54, 1.807) is 0 Å². The summed E-state index contributed by atoms with van der Waals surface area (Å²) in [6.45, 7) is 0. The van der Waals surface area contributed by atoms with Crippen LogP contribution in [0.1, 0.15) is 17.2 Å². The average Bonchev–Trinajstić information content (AvgIpc) is 2.40. The first-order valence-corrected chi connectivity index (χ1v) is 7.69. The number of sulfone groups is 1. The summed E-state index contributed by atoms with van der Waals surface area (Å²) in [6.07, 6.45) is 1.09. The second kappa shape index (κ2) is 5.30. The van der Waals surface area contributed by atoms with Gasteiger partial charge in [0.25, 0.3) is 0 Å². The van der Waals surface area contributed by atoms with E-state index in [0.29, 0.717) is 5.56 Å². The van der Waals surface area contributed by atoms with Gasteiger partial charge in [0.2, 0.25) is 0 Å². The molecule has 106 valence electrons. The second-order valence-electron chi connectivity index (χ2n) is 4.46. The highest BCUT2D eigenvalue weighted by Crippen LogP contribution is 2.24. The summed E-state index contributed by atoms with van der Waals surface area (Å²) in [6, 6.07) is 8.68. The molecule has 6 heteroatoms. The molecular formula is C14H13F2NO2S. The molecule has 2 aromatic rings. The van der Waals surface area contributed by atoms with Crippen molar-refractivity contribution in [3.63, 3.8) is 0 Å². The fraction of sp³-hybridized carbons (Fsp3) is 0.143. The first kappa shape index (κ1) is 14.6. The Morgan fingerprint density at radius 1 is 1.05 bits per heavy atom. The predicted molar refractivity (Wildman–Crippen MR) is 71.9 cm³/mol. The monoisotopic (exact) mass is 297 g/mol. The highest BCUT2D eigenvalue weighted by Gasteiger charge is 2.17. The number of benzene rings is 2.